The summed E-state index contributed by atoms with van der Waals surface area (Å²) in [7, 11) is 1.35. The van der Waals surface area contributed by atoms with E-state index in [1.165, 1.54) is 13.2 Å². The van der Waals surface area contributed by atoms with Gasteiger partial charge in [0.15, 0.2) is 5.78 Å². The fourth-order valence-corrected chi connectivity index (χ4v) is 1.64. The topological polar surface area (TPSA) is 43.4 Å². The van der Waals surface area contributed by atoms with Crippen molar-refractivity contribution >= 4 is 11.8 Å². The van der Waals surface area contributed by atoms with Crippen LogP contribution in [0.3, 0.4) is 0 Å². The number of rotatable bonds is 4. The molecule has 0 amide bonds. The Labute approximate surface area is 89.8 Å². The number of carbonyl (C=O) groups excluding carboxylic acids is 2. The van der Waals surface area contributed by atoms with Gasteiger partial charge in [-0.3, -0.25) is 4.79 Å². The summed E-state index contributed by atoms with van der Waals surface area (Å²) in [5.41, 5.74) is -0.0302. The molecule has 1 aliphatic carbocycles. The van der Waals surface area contributed by atoms with Crippen LogP contribution in [0.4, 0.5) is 0 Å². The lowest BCUT2D eigenvalue weighted by molar-refractivity contribution is -0.134. The molecule has 0 aromatic heterocycles. The molecule has 0 N–H and O–H groups in total. The van der Waals surface area contributed by atoms with Gasteiger partial charge in [0.2, 0.25) is 0 Å². The number of allylic oxidation sites excluding steroid dienone is 3. The molecule has 3 nitrogen and oxygen atoms in total. The molecule has 15 heavy (non-hydrogen) atoms. The van der Waals surface area contributed by atoms with Crippen molar-refractivity contribution in [3.8, 4) is 0 Å². The van der Waals surface area contributed by atoms with E-state index in [2.05, 4.69) is 11.7 Å². The highest BCUT2D eigenvalue weighted by Gasteiger charge is 2.27. The molecule has 0 saturated heterocycles. The number of hydrogen-bond donors (Lipinski definition) is 0. The number of ketones is 1. The molecule has 1 rings (SSSR count). The first kappa shape index (κ1) is 11.7. The quantitative estimate of drug-likeness (QED) is 0.524. The van der Waals surface area contributed by atoms with Gasteiger partial charge in [0.25, 0.3) is 0 Å². The molecule has 1 atom stereocenters. The molecule has 0 bridgehead atoms. The molecular formula is C12H16O3. The van der Waals surface area contributed by atoms with Crippen molar-refractivity contribution in [2.45, 2.75) is 26.2 Å². The van der Waals surface area contributed by atoms with Crippen LogP contribution in [-0.2, 0) is 14.3 Å². The Kier molecular flexibility index (Phi) is 3.83. The van der Waals surface area contributed by atoms with E-state index in [1.54, 1.807) is 12.2 Å². The molecule has 1 unspecified atom stereocenters. The average Bonchev–Trinajstić information content (AvgIpc) is 2.54. The van der Waals surface area contributed by atoms with Crippen LogP contribution >= 0.6 is 0 Å². The highest BCUT2D eigenvalue weighted by Crippen LogP contribution is 2.34. The second-order valence-electron chi connectivity index (χ2n) is 4.09. The van der Waals surface area contributed by atoms with E-state index < -0.39 is 0 Å². The second-order valence-corrected chi connectivity index (χ2v) is 4.09. The molecule has 1 aliphatic rings. The van der Waals surface area contributed by atoms with Crippen molar-refractivity contribution < 1.29 is 14.3 Å². The SMILES string of the molecule is COC(=O)/C=C/CCC1(C)C=CC(=O)C1. The van der Waals surface area contributed by atoms with Gasteiger partial charge in [0.1, 0.15) is 0 Å². The molecule has 0 spiro atoms. The zero-order valence-electron chi connectivity index (χ0n) is 9.16. The number of methoxy groups -OCH3 is 1. The third kappa shape index (κ3) is 3.70. The summed E-state index contributed by atoms with van der Waals surface area (Å²) in [5.74, 6) is -0.146. The fraction of sp³-hybridized carbons (Fsp3) is 0.500. The maximum atomic E-state index is 11.1. The van der Waals surface area contributed by atoms with Gasteiger partial charge in [0, 0.05) is 12.5 Å². The molecule has 0 radical (unpaired) electrons. The molecular weight excluding hydrogens is 192 g/mol. The molecule has 0 saturated carbocycles. The predicted octanol–water partition coefficient (Wildman–Crippen LogP) is 2.03. The van der Waals surface area contributed by atoms with Crippen LogP contribution in [0.2, 0.25) is 0 Å². The first-order valence-corrected chi connectivity index (χ1v) is 5.02. The largest absolute Gasteiger partial charge is 0.466 e. The summed E-state index contributed by atoms with van der Waals surface area (Å²) in [6, 6.07) is 0. The van der Waals surface area contributed by atoms with Gasteiger partial charge in [-0.2, -0.15) is 0 Å². The van der Waals surface area contributed by atoms with Crippen LogP contribution in [-0.4, -0.2) is 18.9 Å². The lowest BCUT2D eigenvalue weighted by atomic mass is 9.85. The van der Waals surface area contributed by atoms with E-state index in [0.29, 0.717) is 6.42 Å². The Morgan fingerprint density at radius 3 is 2.93 bits per heavy atom. The number of ether oxygens (including phenoxy) is 1. The molecule has 0 heterocycles. The third-order valence-electron chi connectivity index (χ3n) is 2.59. The van der Waals surface area contributed by atoms with E-state index in [0.717, 1.165) is 12.8 Å². The zero-order valence-corrected chi connectivity index (χ0v) is 9.16. The van der Waals surface area contributed by atoms with Crippen molar-refractivity contribution in [2.75, 3.05) is 7.11 Å². The Morgan fingerprint density at radius 1 is 1.67 bits per heavy atom. The minimum absolute atomic E-state index is 0.0302. The molecule has 0 aromatic rings. The maximum Gasteiger partial charge on any atom is 0.330 e. The summed E-state index contributed by atoms with van der Waals surface area (Å²) in [6.45, 7) is 2.06. The van der Waals surface area contributed by atoms with E-state index in [-0.39, 0.29) is 17.2 Å². The number of carbonyl (C=O) groups is 2. The first-order valence-electron chi connectivity index (χ1n) is 5.02. The Bertz CT molecular complexity index is 315. The van der Waals surface area contributed by atoms with Gasteiger partial charge < -0.3 is 4.74 Å². The van der Waals surface area contributed by atoms with Crippen LogP contribution in [0.25, 0.3) is 0 Å². The minimum atomic E-state index is -0.335. The molecule has 0 aromatic carbocycles. The maximum absolute atomic E-state index is 11.1. The minimum Gasteiger partial charge on any atom is -0.466 e. The van der Waals surface area contributed by atoms with Gasteiger partial charge in [-0.1, -0.05) is 19.1 Å². The summed E-state index contributed by atoms with van der Waals surface area (Å²) < 4.78 is 4.47. The van der Waals surface area contributed by atoms with Gasteiger partial charge in [-0.05, 0) is 24.3 Å². The first-order chi connectivity index (χ1) is 7.06. The Hall–Kier alpha value is -1.38. The number of hydrogen-bond acceptors (Lipinski definition) is 3. The van der Waals surface area contributed by atoms with Crippen molar-refractivity contribution in [3.63, 3.8) is 0 Å². The van der Waals surface area contributed by atoms with Crippen molar-refractivity contribution in [2.24, 2.45) is 5.41 Å². The van der Waals surface area contributed by atoms with Crippen LogP contribution in [0.15, 0.2) is 24.3 Å². The lowest BCUT2D eigenvalue weighted by Gasteiger charge is -2.19. The Balaban J connectivity index is 2.32. The highest BCUT2D eigenvalue weighted by atomic mass is 16.5. The van der Waals surface area contributed by atoms with Gasteiger partial charge in [-0.15, -0.1) is 0 Å². The van der Waals surface area contributed by atoms with Crippen molar-refractivity contribution in [1.29, 1.82) is 0 Å². The zero-order chi connectivity index (χ0) is 11.3. The van der Waals surface area contributed by atoms with Crippen molar-refractivity contribution in [3.05, 3.63) is 24.3 Å². The smallest absolute Gasteiger partial charge is 0.330 e. The second kappa shape index (κ2) is 4.91. The van der Waals surface area contributed by atoms with E-state index in [9.17, 15) is 9.59 Å². The Morgan fingerprint density at radius 2 is 2.40 bits per heavy atom. The van der Waals surface area contributed by atoms with Crippen LogP contribution in [0, 0.1) is 5.41 Å². The van der Waals surface area contributed by atoms with Crippen molar-refractivity contribution in [1.82, 2.24) is 0 Å². The average molecular weight is 208 g/mol. The summed E-state index contributed by atoms with van der Waals surface area (Å²) in [4.78, 5) is 21.8. The monoisotopic (exact) mass is 208 g/mol. The normalized spacial score (nSPS) is 25.1. The summed E-state index contributed by atoms with van der Waals surface area (Å²) in [6.07, 6.45) is 9.05. The van der Waals surface area contributed by atoms with Crippen LogP contribution in [0.5, 0.6) is 0 Å². The predicted molar refractivity (Wildman–Crippen MR) is 57.3 cm³/mol. The standard InChI is InChI=1S/C12H16O3/c1-12(8-6-10(13)9-12)7-4-3-5-11(14)15-2/h3,5-6,8H,4,7,9H2,1-2H3/b5-3+. The van der Waals surface area contributed by atoms with Gasteiger partial charge in [0.05, 0.1) is 7.11 Å². The molecule has 3 heteroatoms. The van der Waals surface area contributed by atoms with E-state index >= 15 is 0 Å². The highest BCUT2D eigenvalue weighted by molar-refractivity contribution is 5.93. The number of esters is 1. The fourth-order valence-electron chi connectivity index (χ4n) is 1.64. The summed E-state index contributed by atoms with van der Waals surface area (Å²) >= 11 is 0. The molecule has 0 fully saturated rings. The molecule has 82 valence electrons. The lowest BCUT2D eigenvalue weighted by Crippen LogP contribution is -2.11. The van der Waals surface area contributed by atoms with Gasteiger partial charge in [-0.25, -0.2) is 4.79 Å². The van der Waals surface area contributed by atoms with E-state index in [1.807, 2.05) is 6.08 Å². The third-order valence-corrected chi connectivity index (χ3v) is 2.59. The van der Waals surface area contributed by atoms with Crippen LogP contribution in [0.1, 0.15) is 26.2 Å². The van der Waals surface area contributed by atoms with Crippen LogP contribution < -0.4 is 0 Å². The molecule has 0 aliphatic heterocycles. The van der Waals surface area contributed by atoms with Gasteiger partial charge >= 0.3 is 5.97 Å². The summed E-state index contributed by atoms with van der Waals surface area (Å²) in [5, 5.41) is 0. The van der Waals surface area contributed by atoms with E-state index in [4.69, 9.17) is 0 Å².